The normalized spacial score (nSPS) is 14.6. The summed E-state index contributed by atoms with van der Waals surface area (Å²) in [5.74, 6) is 0.726. The monoisotopic (exact) mass is 155 g/mol. The third-order valence-electron chi connectivity index (χ3n) is 1.75. The molecule has 0 aliphatic carbocycles. The molecule has 0 saturated carbocycles. The van der Waals surface area contributed by atoms with Crippen molar-refractivity contribution >= 4 is 0 Å². The molecular formula is C10H21N. The molecule has 11 heavy (non-hydrogen) atoms. The fraction of sp³-hybridized carbons (Fsp3) is 0.800. The van der Waals surface area contributed by atoms with Crippen LogP contribution in [0.2, 0.25) is 0 Å². The molecule has 1 N–H and O–H groups in total. The zero-order chi connectivity index (χ0) is 8.69. The van der Waals surface area contributed by atoms with E-state index in [2.05, 4.69) is 45.2 Å². The molecular weight excluding hydrogens is 134 g/mol. The Balaban J connectivity index is 3.29. The molecule has 0 radical (unpaired) electrons. The third kappa shape index (κ3) is 7.60. The molecule has 0 spiro atoms. The summed E-state index contributed by atoms with van der Waals surface area (Å²) in [4.78, 5) is 0. The topological polar surface area (TPSA) is 12.0 Å². The predicted octanol–water partition coefficient (Wildman–Crippen LogP) is 2.59. The molecule has 66 valence electrons. The smallest absolute Gasteiger partial charge is 0.0137 e. The van der Waals surface area contributed by atoms with Crippen molar-refractivity contribution in [3.8, 4) is 0 Å². The van der Waals surface area contributed by atoms with Crippen molar-refractivity contribution in [2.75, 3.05) is 6.54 Å². The van der Waals surface area contributed by atoms with Gasteiger partial charge in [-0.1, -0.05) is 46.3 Å². The maximum Gasteiger partial charge on any atom is 0.0137 e. The molecule has 1 nitrogen and oxygen atoms in total. The van der Waals surface area contributed by atoms with Crippen LogP contribution in [0, 0.1) is 5.92 Å². The van der Waals surface area contributed by atoms with Crippen molar-refractivity contribution in [3.63, 3.8) is 0 Å². The van der Waals surface area contributed by atoms with E-state index in [9.17, 15) is 0 Å². The lowest BCUT2D eigenvalue weighted by atomic mass is 10.1. The minimum atomic E-state index is 0.594. The van der Waals surface area contributed by atoms with Crippen molar-refractivity contribution in [1.82, 2.24) is 5.32 Å². The van der Waals surface area contributed by atoms with Gasteiger partial charge in [0, 0.05) is 12.6 Å². The van der Waals surface area contributed by atoms with Gasteiger partial charge in [0.25, 0.3) is 0 Å². The molecule has 0 amide bonds. The maximum atomic E-state index is 3.34. The van der Waals surface area contributed by atoms with E-state index < -0.39 is 0 Å². The maximum absolute atomic E-state index is 3.34. The number of hydrogen-bond donors (Lipinski definition) is 1. The number of allylic oxidation sites excluding steroid dienone is 1. The van der Waals surface area contributed by atoms with Crippen molar-refractivity contribution in [2.24, 2.45) is 5.92 Å². The van der Waals surface area contributed by atoms with Crippen LogP contribution >= 0.6 is 0 Å². The SMILES string of the molecule is CCC(C)/C=C/CNC(C)C. The van der Waals surface area contributed by atoms with Gasteiger partial charge in [0.15, 0.2) is 0 Å². The van der Waals surface area contributed by atoms with Gasteiger partial charge in [-0.15, -0.1) is 0 Å². The standard InChI is InChI=1S/C10H21N/c1-5-10(4)7-6-8-11-9(2)3/h6-7,9-11H,5,8H2,1-4H3/b7-6+. The predicted molar refractivity (Wildman–Crippen MR) is 51.7 cm³/mol. The first kappa shape index (κ1) is 10.7. The Morgan fingerprint density at radius 2 is 1.91 bits per heavy atom. The lowest BCUT2D eigenvalue weighted by Gasteiger charge is -2.04. The van der Waals surface area contributed by atoms with Crippen LogP contribution in [0.25, 0.3) is 0 Å². The third-order valence-corrected chi connectivity index (χ3v) is 1.75. The van der Waals surface area contributed by atoms with Gasteiger partial charge in [-0.25, -0.2) is 0 Å². The Bertz CT molecular complexity index is 105. The van der Waals surface area contributed by atoms with Crippen LogP contribution in [0.5, 0.6) is 0 Å². The largest absolute Gasteiger partial charge is 0.311 e. The molecule has 0 bridgehead atoms. The second-order valence-electron chi connectivity index (χ2n) is 3.38. The summed E-state index contributed by atoms with van der Waals surface area (Å²) in [6.45, 7) is 9.78. The van der Waals surface area contributed by atoms with Crippen molar-refractivity contribution < 1.29 is 0 Å². The molecule has 1 atom stereocenters. The molecule has 0 aliphatic heterocycles. The Morgan fingerprint density at radius 3 is 2.36 bits per heavy atom. The molecule has 1 heteroatoms. The van der Waals surface area contributed by atoms with Gasteiger partial charge in [0.1, 0.15) is 0 Å². The summed E-state index contributed by atoms with van der Waals surface area (Å²) in [7, 11) is 0. The Morgan fingerprint density at radius 1 is 1.27 bits per heavy atom. The fourth-order valence-electron chi connectivity index (χ4n) is 0.740. The van der Waals surface area contributed by atoms with E-state index in [1.54, 1.807) is 0 Å². The van der Waals surface area contributed by atoms with Gasteiger partial charge in [0.2, 0.25) is 0 Å². The number of nitrogens with one attached hydrogen (secondary N) is 1. The van der Waals surface area contributed by atoms with Crippen LogP contribution in [0.4, 0.5) is 0 Å². The Labute approximate surface area is 70.9 Å². The zero-order valence-corrected chi connectivity index (χ0v) is 8.22. The highest BCUT2D eigenvalue weighted by Gasteiger charge is 1.90. The van der Waals surface area contributed by atoms with E-state index in [1.807, 2.05) is 0 Å². The fourth-order valence-corrected chi connectivity index (χ4v) is 0.740. The summed E-state index contributed by atoms with van der Waals surface area (Å²) < 4.78 is 0. The summed E-state index contributed by atoms with van der Waals surface area (Å²) in [5, 5.41) is 3.34. The molecule has 0 aromatic carbocycles. The highest BCUT2D eigenvalue weighted by Crippen LogP contribution is 2.00. The van der Waals surface area contributed by atoms with Crippen molar-refractivity contribution in [3.05, 3.63) is 12.2 Å². The van der Waals surface area contributed by atoms with Gasteiger partial charge in [-0.05, 0) is 5.92 Å². The van der Waals surface area contributed by atoms with Crippen LogP contribution in [-0.4, -0.2) is 12.6 Å². The first-order valence-electron chi connectivity index (χ1n) is 4.56. The zero-order valence-electron chi connectivity index (χ0n) is 8.22. The first-order valence-corrected chi connectivity index (χ1v) is 4.56. The lowest BCUT2D eigenvalue weighted by molar-refractivity contribution is 0.627. The molecule has 1 unspecified atom stereocenters. The van der Waals surface area contributed by atoms with Crippen LogP contribution in [0.3, 0.4) is 0 Å². The second-order valence-corrected chi connectivity index (χ2v) is 3.38. The minimum absolute atomic E-state index is 0.594. The summed E-state index contributed by atoms with van der Waals surface area (Å²) in [5.41, 5.74) is 0. The van der Waals surface area contributed by atoms with E-state index >= 15 is 0 Å². The van der Waals surface area contributed by atoms with Gasteiger partial charge in [-0.2, -0.15) is 0 Å². The van der Waals surface area contributed by atoms with Gasteiger partial charge in [-0.3, -0.25) is 0 Å². The van der Waals surface area contributed by atoms with Gasteiger partial charge in [0.05, 0.1) is 0 Å². The van der Waals surface area contributed by atoms with E-state index in [-0.39, 0.29) is 0 Å². The van der Waals surface area contributed by atoms with E-state index in [4.69, 9.17) is 0 Å². The average Bonchev–Trinajstić information content (AvgIpc) is 1.97. The van der Waals surface area contributed by atoms with Crippen LogP contribution < -0.4 is 5.32 Å². The molecule has 0 saturated heterocycles. The van der Waals surface area contributed by atoms with Gasteiger partial charge >= 0.3 is 0 Å². The highest BCUT2D eigenvalue weighted by molar-refractivity contribution is 4.87. The molecule has 0 heterocycles. The van der Waals surface area contributed by atoms with Crippen LogP contribution in [0.15, 0.2) is 12.2 Å². The first-order chi connectivity index (χ1) is 5.16. The molecule has 0 aromatic rings. The van der Waals surface area contributed by atoms with E-state index in [0.717, 1.165) is 12.5 Å². The molecule has 0 aliphatic rings. The van der Waals surface area contributed by atoms with Crippen LogP contribution in [-0.2, 0) is 0 Å². The second kappa shape index (κ2) is 6.41. The Hall–Kier alpha value is -0.300. The summed E-state index contributed by atoms with van der Waals surface area (Å²) in [6, 6.07) is 0.594. The summed E-state index contributed by atoms with van der Waals surface area (Å²) >= 11 is 0. The molecule has 0 aromatic heterocycles. The minimum Gasteiger partial charge on any atom is -0.311 e. The number of rotatable bonds is 5. The van der Waals surface area contributed by atoms with Crippen molar-refractivity contribution in [2.45, 2.75) is 40.2 Å². The van der Waals surface area contributed by atoms with Gasteiger partial charge < -0.3 is 5.32 Å². The Kier molecular flexibility index (Phi) is 6.24. The van der Waals surface area contributed by atoms with Crippen LogP contribution in [0.1, 0.15) is 34.1 Å². The lowest BCUT2D eigenvalue weighted by Crippen LogP contribution is -2.22. The average molecular weight is 155 g/mol. The molecule has 0 fully saturated rings. The summed E-state index contributed by atoms with van der Waals surface area (Å²) in [6.07, 6.45) is 5.72. The van der Waals surface area contributed by atoms with Crippen molar-refractivity contribution in [1.29, 1.82) is 0 Å². The van der Waals surface area contributed by atoms with E-state index in [0.29, 0.717) is 6.04 Å². The molecule has 0 rings (SSSR count). The quantitative estimate of drug-likeness (QED) is 0.602. The highest BCUT2D eigenvalue weighted by atomic mass is 14.9. The van der Waals surface area contributed by atoms with E-state index in [1.165, 1.54) is 6.42 Å². The number of hydrogen-bond acceptors (Lipinski definition) is 1.